The number of aryl methyl sites for hydroxylation is 1. The minimum absolute atomic E-state index is 0.423. The zero-order chi connectivity index (χ0) is 12.8. The number of hydrogen-bond donors (Lipinski definition) is 4. The molecule has 1 aromatic rings. The second kappa shape index (κ2) is 6.36. The van der Waals surface area contributed by atoms with Gasteiger partial charge in [0.05, 0.1) is 6.10 Å². The molecule has 0 aliphatic carbocycles. The van der Waals surface area contributed by atoms with Gasteiger partial charge in [-0.05, 0) is 20.3 Å². The van der Waals surface area contributed by atoms with Crippen LogP contribution in [-0.4, -0.2) is 27.7 Å². The molecule has 0 bridgehead atoms. The molecule has 1 heterocycles. The molecule has 96 valence electrons. The van der Waals surface area contributed by atoms with E-state index in [0.717, 1.165) is 30.0 Å². The third-order valence-electron chi connectivity index (χ3n) is 2.37. The first kappa shape index (κ1) is 13.7. The molecule has 6 heteroatoms. The molecule has 1 aromatic heterocycles. The number of aliphatic hydroxyl groups is 1. The summed E-state index contributed by atoms with van der Waals surface area (Å²) in [5, 5.41) is 12.3. The standard InChI is InChI=1S/C11H21N5O/c1-4-5-9-14-10(13-6-7(2)17)8(3)11(15-9)16-12/h7,17H,4-6,12H2,1-3H3,(H2,13,14,15,16). The predicted octanol–water partition coefficient (Wildman–Crippen LogP) is 0.816. The maximum Gasteiger partial charge on any atom is 0.148 e. The monoisotopic (exact) mass is 239 g/mol. The molecule has 0 radical (unpaired) electrons. The number of hydrazine groups is 1. The fourth-order valence-electron chi connectivity index (χ4n) is 1.46. The molecule has 17 heavy (non-hydrogen) atoms. The molecular formula is C11H21N5O. The topological polar surface area (TPSA) is 96.1 Å². The lowest BCUT2D eigenvalue weighted by Gasteiger charge is -2.14. The summed E-state index contributed by atoms with van der Waals surface area (Å²) in [6.07, 6.45) is 1.36. The van der Waals surface area contributed by atoms with E-state index < -0.39 is 6.10 Å². The van der Waals surface area contributed by atoms with E-state index in [1.54, 1.807) is 6.92 Å². The number of anilines is 2. The maximum atomic E-state index is 9.26. The van der Waals surface area contributed by atoms with Crippen LogP contribution < -0.4 is 16.6 Å². The average molecular weight is 239 g/mol. The Labute approximate surface area is 102 Å². The largest absolute Gasteiger partial charge is 0.392 e. The van der Waals surface area contributed by atoms with Crippen molar-refractivity contribution in [2.45, 2.75) is 39.7 Å². The first-order valence-electron chi connectivity index (χ1n) is 5.84. The van der Waals surface area contributed by atoms with Crippen LogP contribution in [-0.2, 0) is 6.42 Å². The Kier molecular flexibility index (Phi) is 5.11. The third kappa shape index (κ3) is 3.83. The highest BCUT2D eigenvalue weighted by molar-refractivity contribution is 5.56. The van der Waals surface area contributed by atoms with Gasteiger partial charge in [0.1, 0.15) is 17.5 Å². The van der Waals surface area contributed by atoms with Crippen LogP contribution in [0.4, 0.5) is 11.6 Å². The highest BCUT2D eigenvalue weighted by Gasteiger charge is 2.10. The molecule has 0 saturated heterocycles. The van der Waals surface area contributed by atoms with Crippen LogP contribution in [0.1, 0.15) is 31.7 Å². The fraction of sp³-hybridized carbons (Fsp3) is 0.636. The molecular weight excluding hydrogens is 218 g/mol. The summed E-state index contributed by atoms with van der Waals surface area (Å²) >= 11 is 0. The molecule has 1 rings (SSSR count). The number of hydrogen-bond acceptors (Lipinski definition) is 6. The van der Waals surface area contributed by atoms with E-state index in [1.165, 1.54) is 0 Å². The van der Waals surface area contributed by atoms with Crippen LogP contribution in [0.5, 0.6) is 0 Å². The summed E-state index contributed by atoms with van der Waals surface area (Å²) in [6, 6.07) is 0. The third-order valence-corrected chi connectivity index (χ3v) is 2.37. The van der Waals surface area contributed by atoms with Crippen molar-refractivity contribution in [1.82, 2.24) is 9.97 Å². The van der Waals surface area contributed by atoms with Crippen LogP contribution in [0.25, 0.3) is 0 Å². The summed E-state index contributed by atoms with van der Waals surface area (Å²) in [5.74, 6) is 7.51. The van der Waals surface area contributed by atoms with E-state index in [-0.39, 0.29) is 0 Å². The highest BCUT2D eigenvalue weighted by Crippen LogP contribution is 2.19. The molecule has 0 amide bonds. The number of nitrogens with two attached hydrogens (primary N) is 1. The van der Waals surface area contributed by atoms with Gasteiger partial charge in [0.15, 0.2) is 0 Å². The van der Waals surface area contributed by atoms with Crippen molar-refractivity contribution in [3.05, 3.63) is 11.4 Å². The van der Waals surface area contributed by atoms with Gasteiger partial charge in [-0.3, -0.25) is 0 Å². The van der Waals surface area contributed by atoms with Gasteiger partial charge < -0.3 is 15.8 Å². The number of aliphatic hydroxyl groups excluding tert-OH is 1. The van der Waals surface area contributed by atoms with Gasteiger partial charge in [-0.2, -0.15) is 0 Å². The van der Waals surface area contributed by atoms with E-state index in [1.807, 2.05) is 6.92 Å². The van der Waals surface area contributed by atoms with Crippen molar-refractivity contribution in [3.8, 4) is 0 Å². The fourth-order valence-corrected chi connectivity index (χ4v) is 1.46. The van der Waals surface area contributed by atoms with E-state index in [2.05, 4.69) is 27.6 Å². The van der Waals surface area contributed by atoms with Crippen molar-refractivity contribution in [2.75, 3.05) is 17.3 Å². The zero-order valence-electron chi connectivity index (χ0n) is 10.6. The van der Waals surface area contributed by atoms with Crippen LogP contribution in [0, 0.1) is 6.92 Å². The number of nitrogens with zero attached hydrogens (tertiary/aromatic N) is 2. The number of nitrogen functional groups attached to an aromatic ring is 1. The van der Waals surface area contributed by atoms with Gasteiger partial charge >= 0.3 is 0 Å². The molecule has 0 fully saturated rings. The molecule has 0 saturated carbocycles. The van der Waals surface area contributed by atoms with Gasteiger partial charge in [0, 0.05) is 18.5 Å². The Morgan fingerprint density at radius 1 is 1.35 bits per heavy atom. The van der Waals surface area contributed by atoms with Crippen molar-refractivity contribution >= 4 is 11.6 Å². The van der Waals surface area contributed by atoms with Gasteiger partial charge in [0.25, 0.3) is 0 Å². The SMILES string of the molecule is CCCc1nc(NN)c(C)c(NCC(C)O)n1. The van der Waals surface area contributed by atoms with Crippen molar-refractivity contribution in [1.29, 1.82) is 0 Å². The Bertz CT molecular complexity index is 367. The number of rotatable bonds is 6. The lowest BCUT2D eigenvalue weighted by atomic mass is 10.2. The van der Waals surface area contributed by atoms with Crippen LogP contribution >= 0.6 is 0 Å². The van der Waals surface area contributed by atoms with E-state index in [9.17, 15) is 5.11 Å². The molecule has 0 spiro atoms. The van der Waals surface area contributed by atoms with Gasteiger partial charge in [-0.25, -0.2) is 15.8 Å². The van der Waals surface area contributed by atoms with Gasteiger partial charge in [0.2, 0.25) is 0 Å². The molecule has 0 aromatic carbocycles. The van der Waals surface area contributed by atoms with E-state index in [0.29, 0.717) is 12.4 Å². The van der Waals surface area contributed by atoms with Crippen LogP contribution in [0.3, 0.4) is 0 Å². The van der Waals surface area contributed by atoms with Gasteiger partial charge in [-0.1, -0.05) is 6.92 Å². The molecule has 6 nitrogen and oxygen atoms in total. The lowest BCUT2D eigenvalue weighted by molar-refractivity contribution is 0.208. The lowest BCUT2D eigenvalue weighted by Crippen LogP contribution is -2.19. The molecule has 0 aliphatic rings. The number of nitrogens with one attached hydrogen (secondary N) is 2. The van der Waals surface area contributed by atoms with E-state index >= 15 is 0 Å². The Morgan fingerprint density at radius 3 is 2.53 bits per heavy atom. The summed E-state index contributed by atoms with van der Waals surface area (Å²) < 4.78 is 0. The van der Waals surface area contributed by atoms with Crippen molar-refractivity contribution in [2.24, 2.45) is 5.84 Å². The first-order chi connectivity index (χ1) is 8.08. The molecule has 5 N–H and O–H groups in total. The highest BCUT2D eigenvalue weighted by atomic mass is 16.3. The average Bonchev–Trinajstić information content (AvgIpc) is 2.29. The molecule has 1 atom stereocenters. The van der Waals surface area contributed by atoms with Gasteiger partial charge in [-0.15, -0.1) is 0 Å². The predicted molar refractivity (Wildman–Crippen MR) is 68.7 cm³/mol. The minimum atomic E-state index is -0.423. The summed E-state index contributed by atoms with van der Waals surface area (Å²) in [7, 11) is 0. The molecule has 0 aliphatic heterocycles. The minimum Gasteiger partial charge on any atom is -0.392 e. The Hall–Kier alpha value is -1.40. The summed E-state index contributed by atoms with van der Waals surface area (Å²) in [4.78, 5) is 8.73. The Morgan fingerprint density at radius 2 is 2.00 bits per heavy atom. The van der Waals surface area contributed by atoms with Crippen LogP contribution in [0.2, 0.25) is 0 Å². The Balaban J connectivity index is 2.96. The van der Waals surface area contributed by atoms with E-state index in [4.69, 9.17) is 5.84 Å². The van der Waals surface area contributed by atoms with Crippen molar-refractivity contribution in [3.63, 3.8) is 0 Å². The second-order valence-electron chi connectivity index (χ2n) is 4.09. The molecule has 1 unspecified atom stereocenters. The normalized spacial score (nSPS) is 12.3. The summed E-state index contributed by atoms with van der Waals surface area (Å²) in [5.41, 5.74) is 3.42. The quantitative estimate of drug-likeness (QED) is 0.433. The summed E-state index contributed by atoms with van der Waals surface area (Å²) in [6.45, 7) is 6.13. The van der Waals surface area contributed by atoms with Crippen LogP contribution in [0.15, 0.2) is 0 Å². The second-order valence-corrected chi connectivity index (χ2v) is 4.09. The zero-order valence-corrected chi connectivity index (χ0v) is 10.6. The first-order valence-corrected chi connectivity index (χ1v) is 5.84. The maximum absolute atomic E-state index is 9.26. The number of aromatic nitrogens is 2. The van der Waals surface area contributed by atoms with Crippen molar-refractivity contribution < 1.29 is 5.11 Å². The smallest absolute Gasteiger partial charge is 0.148 e.